The molecule has 0 radical (unpaired) electrons. The smallest absolute Gasteiger partial charge is 0.283 e. The fourth-order valence-corrected chi connectivity index (χ4v) is 6.15. The van der Waals surface area contributed by atoms with E-state index in [2.05, 4.69) is 21.0 Å². The fraction of sp³-hybridized carbons (Fsp3) is 0.0345. The third kappa shape index (κ3) is 2.82. The van der Waals surface area contributed by atoms with E-state index in [0.717, 1.165) is 45.0 Å². The van der Waals surface area contributed by atoms with E-state index in [9.17, 15) is 13.6 Å². The van der Waals surface area contributed by atoms with E-state index in [-0.39, 0.29) is 11.1 Å². The average Bonchev–Trinajstić information content (AvgIpc) is 3.66. The number of hydrogen-bond donors (Lipinski definition) is 1. The van der Waals surface area contributed by atoms with Crippen LogP contribution in [0.5, 0.6) is 0 Å². The number of hydrogen-bond acceptors (Lipinski definition) is 5. The van der Waals surface area contributed by atoms with Gasteiger partial charge < -0.3 is 4.55 Å². The Morgan fingerprint density at radius 2 is 1.57 bits per heavy atom. The maximum absolute atomic E-state index is 13.4. The summed E-state index contributed by atoms with van der Waals surface area (Å²) in [7, 11) is 0. The van der Waals surface area contributed by atoms with Crippen molar-refractivity contribution >= 4 is 49.4 Å². The minimum Gasteiger partial charge on any atom is -0.302 e. The van der Waals surface area contributed by atoms with Crippen LogP contribution in [0.25, 0.3) is 60.6 Å². The lowest BCUT2D eigenvalue weighted by molar-refractivity contribution is 0.565. The summed E-state index contributed by atoms with van der Waals surface area (Å²) in [5, 5.41) is 1.78. The van der Waals surface area contributed by atoms with Crippen LogP contribution < -0.4 is 5.56 Å². The second kappa shape index (κ2) is 7.25. The Morgan fingerprint density at radius 3 is 2.43 bits per heavy atom. The molecule has 8 rings (SSSR count). The SMILES string of the molecule is O=c1c2nccnc2c2nccc3c4cc(-c5ccc(-c6cccc7c6C7)c(S(=O)O)c5)ccc4n1c32. The summed E-state index contributed by atoms with van der Waals surface area (Å²) in [6.07, 6.45) is 5.72. The maximum Gasteiger partial charge on any atom is 0.283 e. The van der Waals surface area contributed by atoms with Crippen LogP contribution in [-0.2, 0) is 17.5 Å². The van der Waals surface area contributed by atoms with Crippen LogP contribution >= 0.6 is 0 Å². The third-order valence-corrected chi connectivity index (χ3v) is 8.03. The molecule has 8 heteroatoms. The average molecular weight is 501 g/mol. The van der Waals surface area contributed by atoms with Gasteiger partial charge in [-0.3, -0.25) is 19.2 Å². The summed E-state index contributed by atoms with van der Waals surface area (Å²) in [4.78, 5) is 27.0. The van der Waals surface area contributed by atoms with Crippen LogP contribution in [0.1, 0.15) is 11.1 Å². The Balaban J connectivity index is 1.38. The predicted molar refractivity (Wildman–Crippen MR) is 143 cm³/mol. The molecule has 37 heavy (non-hydrogen) atoms. The van der Waals surface area contributed by atoms with Crippen molar-refractivity contribution in [3.8, 4) is 22.3 Å². The molecule has 4 heterocycles. The van der Waals surface area contributed by atoms with Gasteiger partial charge in [0.25, 0.3) is 5.56 Å². The van der Waals surface area contributed by atoms with E-state index in [1.165, 1.54) is 17.3 Å². The van der Waals surface area contributed by atoms with Gasteiger partial charge in [0.1, 0.15) is 11.0 Å². The Labute approximate surface area is 211 Å². The first-order valence-corrected chi connectivity index (χ1v) is 12.9. The topological polar surface area (TPSA) is 97.5 Å². The zero-order chi connectivity index (χ0) is 24.8. The maximum atomic E-state index is 13.4. The highest BCUT2D eigenvalue weighted by Crippen LogP contribution is 2.41. The molecule has 1 N–H and O–H groups in total. The van der Waals surface area contributed by atoms with Gasteiger partial charge in [-0.25, -0.2) is 9.19 Å². The van der Waals surface area contributed by atoms with Crippen molar-refractivity contribution < 1.29 is 8.76 Å². The zero-order valence-electron chi connectivity index (χ0n) is 19.2. The normalized spacial score (nSPS) is 13.5. The molecular formula is C29H16N4O3S. The molecule has 0 saturated carbocycles. The van der Waals surface area contributed by atoms with E-state index < -0.39 is 11.1 Å². The molecule has 0 amide bonds. The van der Waals surface area contributed by atoms with Gasteiger partial charge in [-0.1, -0.05) is 36.4 Å². The number of pyridine rings is 2. The van der Waals surface area contributed by atoms with Gasteiger partial charge in [0.2, 0.25) is 0 Å². The van der Waals surface area contributed by atoms with Crippen molar-refractivity contribution in [3.05, 3.63) is 101 Å². The fourth-order valence-electron chi connectivity index (χ4n) is 5.56. The standard InChI is InChI=1S/C29H16N4O3S/c34-29-27-25(31-10-11-32-27)26-28-20(8-9-30-26)22-12-15(5-7-23(22)33(28)29)16-4-6-19(24(14-16)37(35)36)18-3-1-2-17-13-21(17)18/h1-12,14H,13H2,(H,35,36). The highest BCUT2D eigenvalue weighted by molar-refractivity contribution is 7.79. The summed E-state index contributed by atoms with van der Waals surface area (Å²) in [5.74, 6) is 0. The van der Waals surface area contributed by atoms with Gasteiger partial charge in [-0.05, 0) is 58.5 Å². The lowest BCUT2D eigenvalue weighted by Crippen LogP contribution is -2.15. The Kier molecular flexibility index (Phi) is 4.05. The van der Waals surface area contributed by atoms with Gasteiger partial charge in [-0.15, -0.1) is 0 Å². The van der Waals surface area contributed by atoms with Crippen molar-refractivity contribution in [3.63, 3.8) is 0 Å². The van der Waals surface area contributed by atoms with Crippen LogP contribution in [0.2, 0.25) is 0 Å². The highest BCUT2D eigenvalue weighted by atomic mass is 32.2. The molecule has 1 atom stereocenters. The number of fused-ring (bicyclic) bond motifs is 6. The molecule has 0 spiro atoms. The van der Waals surface area contributed by atoms with Gasteiger partial charge in [0.15, 0.2) is 16.6 Å². The monoisotopic (exact) mass is 500 g/mol. The molecule has 0 fully saturated rings. The molecule has 7 aromatic rings. The minimum atomic E-state index is -2.15. The minimum absolute atomic E-state index is 0.234. The Morgan fingerprint density at radius 1 is 0.784 bits per heavy atom. The van der Waals surface area contributed by atoms with E-state index >= 15 is 0 Å². The van der Waals surface area contributed by atoms with Crippen LogP contribution in [0.15, 0.2) is 88.9 Å². The van der Waals surface area contributed by atoms with Crippen LogP contribution in [0, 0.1) is 0 Å². The van der Waals surface area contributed by atoms with Gasteiger partial charge in [-0.2, -0.15) is 0 Å². The van der Waals surface area contributed by atoms with Crippen LogP contribution in [0.4, 0.5) is 0 Å². The second-order valence-electron chi connectivity index (χ2n) is 9.26. The second-order valence-corrected chi connectivity index (χ2v) is 10.2. The molecule has 1 aliphatic rings. The van der Waals surface area contributed by atoms with E-state index in [0.29, 0.717) is 21.4 Å². The molecule has 1 unspecified atom stereocenters. The Bertz CT molecular complexity index is 2190. The van der Waals surface area contributed by atoms with Crippen molar-refractivity contribution in [2.75, 3.05) is 0 Å². The van der Waals surface area contributed by atoms with E-state index in [1.807, 2.05) is 48.5 Å². The molecule has 1 aliphatic carbocycles. The molecule has 7 nitrogen and oxygen atoms in total. The van der Waals surface area contributed by atoms with Gasteiger partial charge in [0.05, 0.1) is 15.9 Å². The molecule has 3 aromatic carbocycles. The Hall–Kier alpha value is -4.53. The zero-order valence-corrected chi connectivity index (χ0v) is 20.0. The first-order valence-electron chi connectivity index (χ1n) is 11.8. The summed E-state index contributed by atoms with van der Waals surface area (Å²) in [6, 6.07) is 19.5. The number of aromatic nitrogens is 4. The molecule has 4 aromatic heterocycles. The summed E-state index contributed by atoms with van der Waals surface area (Å²) >= 11 is -2.15. The molecular weight excluding hydrogens is 484 g/mol. The quantitative estimate of drug-likeness (QED) is 0.265. The van der Waals surface area contributed by atoms with Gasteiger partial charge >= 0.3 is 0 Å². The van der Waals surface area contributed by atoms with Crippen molar-refractivity contribution in [1.29, 1.82) is 0 Å². The number of nitrogens with zero attached hydrogens (tertiary/aromatic N) is 4. The van der Waals surface area contributed by atoms with Crippen LogP contribution in [0.3, 0.4) is 0 Å². The summed E-state index contributed by atoms with van der Waals surface area (Å²) in [6.45, 7) is 0. The van der Waals surface area contributed by atoms with Crippen LogP contribution in [-0.4, -0.2) is 28.1 Å². The van der Waals surface area contributed by atoms with Crippen molar-refractivity contribution in [1.82, 2.24) is 19.4 Å². The number of rotatable bonds is 3. The molecule has 0 aliphatic heterocycles. The van der Waals surface area contributed by atoms with Gasteiger partial charge in [0, 0.05) is 34.9 Å². The summed E-state index contributed by atoms with van der Waals surface area (Å²) < 4.78 is 24.2. The van der Waals surface area contributed by atoms with E-state index in [1.54, 1.807) is 22.9 Å². The predicted octanol–water partition coefficient (Wildman–Crippen LogP) is 5.20. The molecule has 0 bridgehead atoms. The highest BCUT2D eigenvalue weighted by Gasteiger charge is 2.24. The van der Waals surface area contributed by atoms with Crippen molar-refractivity contribution in [2.45, 2.75) is 11.3 Å². The largest absolute Gasteiger partial charge is 0.302 e. The molecule has 176 valence electrons. The first-order chi connectivity index (χ1) is 18.1. The van der Waals surface area contributed by atoms with E-state index in [4.69, 9.17) is 0 Å². The first kappa shape index (κ1) is 20.6. The number of benzene rings is 3. The lowest BCUT2D eigenvalue weighted by Gasteiger charge is -2.10. The molecule has 0 saturated heterocycles. The third-order valence-electron chi connectivity index (χ3n) is 7.31. The van der Waals surface area contributed by atoms with Crippen molar-refractivity contribution in [2.24, 2.45) is 0 Å². The lowest BCUT2D eigenvalue weighted by atomic mass is 9.98. The summed E-state index contributed by atoms with van der Waals surface area (Å²) in [5.41, 5.74) is 8.65.